The van der Waals surface area contributed by atoms with Crippen molar-refractivity contribution in [3.8, 4) is 0 Å². The fourth-order valence-electron chi connectivity index (χ4n) is 3.34. The van der Waals surface area contributed by atoms with Gasteiger partial charge < -0.3 is 15.1 Å². The first-order valence-corrected chi connectivity index (χ1v) is 9.08. The minimum absolute atomic E-state index is 0.117. The molecule has 0 atom stereocenters. The van der Waals surface area contributed by atoms with Crippen LogP contribution in [0.15, 0.2) is 65.1 Å². The van der Waals surface area contributed by atoms with Crippen molar-refractivity contribution in [1.82, 2.24) is 5.32 Å². The van der Waals surface area contributed by atoms with Crippen LogP contribution in [0.3, 0.4) is 0 Å². The summed E-state index contributed by atoms with van der Waals surface area (Å²) in [6, 6.07) is 19.3. The lowest BCUT2D eigenvalue weighted by molar-refractivity contribution is -0.114. The van der Waals surface area contributed by atoms with Gasteiger partial charge in [0.25, 0.3) is 5.91 Å². The van der Waals surface area contributed by atoms with Crippen LogP contribution >= 0.6 is 0 Å². The topological polar surface area (TPSA) is 71.3 Å². The van der Waals surface area contributed by atoms with Crippen molar-refractivity contribution in [1.29, 1.82) is 0 Å². The minimum Gasteiger partial charge on any atom is -0.450 e. The summed E-state index contributed by atoms with van der Waals surface area (Å²) < 4.78 is 5.97. The fourth-order valence-corrected chi connectivity index (χ4v) is 3.34. The van der Waals surface area contributed by atoms with E-state index in [2.05, 4.69) is 10.6 Å². The van der Waals surface area contributed by atoms with Gasteiger partial charge in [0.05, 0.1) is 0 Å². The van der Waals surface area contributed by atoms with Gasteiger partial charge in [-0.3, -0.25) is 9.59 Å². The summed E-state index contributed by atoms with van der Waals surface area (Å²) in [6.07, 6.45) is 0. The van der Waals surface area contributed by atoms with Crippen LogP contribution in [0, 0.1) is 6.92 Å². The number of anilines is 1. The fraction of sp³-hybridized carbons (Fsp3) is 0.130. The van der Waals surface area contributed by atoms with Gasteiger partial charge in [-0.2, -0.15) is 0 Å². The number of rotatable bonds is 4. The van der Waals surface area contributed by atoms with Crippen LogP contribution in [0.2, 0.25) is 0 Å². The van der Waals surface area contributed by atoms with Crippen molar-refractivity contribution < 1.29 is 14.0 Å². The summed E-state index contributed by atoms with van der Waals surface area (Å²) >= 11 is 0. The molecule has 28 heavy (non-hydrogen) atoms. The van der Waals surface area contributed by atoms with Crippen LogP contribution in [0.5, 0.6) is 0 Å². The Balaban J connectivity index is 1.55. The van der Waals surface area contributed by atoms with E-state index in [9.17, 15) is 9.59 Å². The number of hydrogen-bond donors (Lipinski definition) is 2. The predicted molar refractivity (Wildman–Crippen MR) is 110 cm³/mol. The van der Waals surface area contributed by atoms with Crippen LogP contribution in [0.25, 0.3) is 21.7 Å². The Hall–Kier alpha value is -3.60. The van der Waals surface area contributed by atoms with Gasteiger partial charge >= 0.3 is 0 Å². The molecule has 0 bridgehead atoms. The summed E-state index contributed by atoms with van der Waals surface area (Å²) in [7, 11) is 0. The van der Waals surface area contributed by atoms with Crippen molar-refractivity contribution in [3.05, 3.63) is 77.6 Å². The zero-order chi connectivity index (χ0) is 19.7. The zero-order valence-corrected chi connectivity index (χ0v) is 15.7. The quantitative estimate of drug-likeness (QED) is 0.541. The molecule has 0 fully saturated rings. The number of carbonyl (C=O) groups excluding carboxylic acids is 2. The molecule has 0 aliphatic heterocycles. The SMILES string of the molecule is CC(=O)Nc1ccc(CNC(=O)c2oc3c(ccc4ccccc43)c2C)cc1. The van der Waals surface area contributed by atoms with Crippen molar-refractivity contribution in [3.63, 3.8) is 0 Å². The molecule has 0 spiro atoms. The van der Waals surface area contributed by atoms with Crippen molar-refractivity contribution in [2.45, 2.75) is 20.4 Å². The third kappa shape index (κ3) is 3.34. The van der Waals surface area contributed by atoms with Gasteiger partial charge in [0, 0.05) is 35.5 Å². The van der Waals surface area contributed by atoms with Gasteiger partial charge in [-0.25, -0.2) is 0 Å². The number of furan rings is 1. The van der Waals surface area contributed by atoms with Crippen LogP contribution in [0.1, 0.15) is 28.6 Å². The van der Waals surface area contributed by atoms with E-state index >= 15 is 0 Å². The Morgan fingerprint density at radius 3 is 2.43 bits per heavy atom. The number of hydrogen-bond acceptors (Lipinski definition) is 3. The molecule has 0 saturated heterocycles. The van der Waals surface area contributed by atoms with Crippen LogP contribution < -0.4 is 10.6 Å². The molecule has 1 heterocycles. The maximum Gasteiger partial charge on any atom is 0.287 e. The Kier molecular flexibility index (Phi) is 4.57. The predicted octanol–water partition coefficient (Wildman–Crippen LogP) is 4.78. The van der Waals surface area contributed by atoms with Crippen molar-refractivity contribution in [2.75, 3.05) is 5.32 Å². The van der Waals surface area contributed by atoms with Crippen LogP contribution in [0.4, 0.5) is 5.69 Å². The maximum absolute atomic E-state index is 12.7. The molecule has 5 nitrogen and oxygen atoms in total. The highest BCUT2D eigenvalue weighted by Gasteiger charge is 2.18. The molecule has 0 aliphatic rings. The second kappa shape index (κ2) is 7.19. The lowest BCUT2D eigenvalue weighted by atomic mass is 10.1. The monoisotopic (exact) mass is 372 g/mol. The van der Waals surface area contributed by atoms with E-state index in [4.69, 9.17) is 4.42 Å². The average molecular weight is 372 g/mol. The van der Waals surface area contributed by atoms with E-state index in [0.29, 0.717) is 12.3 Å². The first kappa shape index (κ1) is 17.8. The lowest BCUT2D eigenvalue weighted by Gasteiger charge is -2.06. The summed E-state index contributed by atoms with van der Waals surface area (Å²) in [5.41, 5.74) is 3.23. The molecule has 140 valence electrons. The molecule has 3 aromatic carbocycles. The molecule has 4 aromatic rings. The Bertz CT molecular complexity index is 1190. The van der Waals surface area contributed by atoms with Gasteiger partial charge in [0.15, 0.2) is 5.76 Å². The average Bonchev–Trinajstić information content (AvgIpc) is 3.04. The first-order valence-electron chi connectivity index (χ1n) is 9.08. The molecule has 0 radical (unpaired) electrons. The van der Waals surface area contributed by atoms with Crippen molar-refractivity contribution >= 4 is 39.2 Å². The van der Waals surface area contributed by atoms with E-state index in [1.807, 2.05) is 67.6 Å². The van der Waals surface area contributed by atoms with Crippen molar-refractivity contribution in [2.24, 2.45) is 0 Å². The molecular formula is C23H20N2O3. The van der Waals surface area contributed by atoms with Gasteiger partial charge in [-0.1, -0.05) is 48.5 Å². The number of fused-ring (bicyclic) bond motifs is 3. The molecule has 5 heteroatoms. The van der Waals surface area contributed by atoms with Gasteiger partial charge in [-0.05, 0) is 30.0 Å². The molecule has 1 aromatic heterocycles. The number of amides is 2. The second-order valence-corrected chi connectivity index (χ2v) is 6.78. The van der Waals surface area contributed by atoms with Crippen LogP contribution in [-0.2, 0) is 11.3 Å². The third-order valence-electron chi connectivity index (χ3n) is 4.76. The standard InChI is InChI=1S/C23H20N2O3/c1-14-19-12-9-17-5-3-4-6-20(17)22(19)28-21(14)23(27)24-13-16-7-10-18(11-8-16)25-15(2)26/h3-12H,13H2,1-2H3,(H,24,27)(H,25,26). The Morgan fingerprint density at radius 1 is 0.929 bits per heavy atom. The molecular weight excluding hydrogens is 352 g/mol. The zero-order valence-electron chi connectivity index (χ0n) is 15.7. The maximum atomic E-state index is 12.7. The number of aryl methyl sites for hydroxylation is 1. The van der Waals surface area contributed by atoms with E-state index in [0.717, 1.165) is 38.6 Å². The first-order chi connectivity index (χ1) is 13.5. The molecule has 0 unspecified atom stereocenters. The van der Waals surface area contributed by atoms with Gasteiger partial charge in [0.1, 0.15) is 5.58 Å². The van der Waals surface area contributed by atoms with E-state index in [1.54, 1.807) is 0 Å². The largest absolute Gasteiger partial charge is 0.450 e. The molecule has 2 N–H and O–H groups in total. The number of nitrogens with one attached hydrogen (secondary N) is 2. The Labute approximate surface area is 162 Å². The van der Waals surface area contributed by atoms with E-state index in [1.165, 1.54) is 6.92 Å². The summed E-state index contributed by atoms with van der Waals surface area (Å²) in [4.78, 5) is 23.8. The summed E-state index contributed by atoms with van der Waals surface area (Å²) in [5.74, 6) is -0.0288. The molecule has 4 rings (SSSR count). The minimum atomic E-state index is -0.247. The molecule has 2 amide bonds. The van der Waals surface area contributed by atoms with Gasteiger partial charge in [0.2, 0.25) is 5.91 Å². The van der Waals surface area contributed by atoms with E-state index in [-0.39, 0.29) is 11.8 Å². The van der Waals surface area contributed by atoms with Crippen LogP contribution in [-0.4, -0.2) is 11.8 Å². The second-order valence-electron chi connectivity index (χ2n) is 6.78. The van der Waals surface area contributed by atoms with E-state index < -0.39 is 0 Å². The highest BCUT2D eigenvalue weighted by molar-refractivity contribution is 6.08. The Morgan fingerprint density at radius 2 is 1.68 bits per heavy atom. The molecule has 0 saturated carbocycles. The highest BCUT2D eigenvalue weighted by Crippen LogP contribution is 2.31. The number of carbonyl (C=O) groups is 2. The lowest BCUT2D eigenvalue weighted by Crippen LogP contribution is -2.22. The number of benzene rings is 3. The smallest absolute Gasteiger partial charge is 0.287 e. The molecule has 0 aliphatic carbocycles. The summed E-state index contributed by atoms with van der Waals surface area (Å²) in [6.45, 7) is 3.74. The third-order valence-corrected chi connectivity index (χ3v) is 4.76. The highest BCUT2D eigenvalue weighted by atomic mass is 16.3. The summed E-state index contributed by atoms with van der Waals surface area (Å²) in [5, 5.41) is 8.65. The van der Waals surface area contributed by atoms with Gasteiger partial charge in [-0.15, -0.1) is 0 Å². The normalized spacial score (nSPS) is 10.9.